The van der Waals surface area contributed by atoms with Gasteiger partial charge in [-0.3, -0.25) is 10.0 Å². The number of carbonyl (C=O) groups is 1. The van der Waals surface area contributed by atoms with E-state index in [-0.39, 0.29) is 16.3 Å². The fourth-order valence-corrected chi connectivity index (χ4v) is 0.933. The third-order valence-corrected chi connectivity index (χ3v) is 1.64. The van der Waals surface area contributed by atoms with Gasteiger partial charge >= 0.3 is 0 Å². The van der Waals surface area contributed by atoms with E-state index >= 15 is 0 Å². The first kappa shape index (κ1) is 8.83. The van der Waals surface area contributed by atoms with Crippen LogP contribution in [0.25, 0.3) is 0 Å². The van der Waals surface area contributed by atoms with Crippen LogP contribution in [-0.2, 0) is 0 Å². The molecule has 0 radical (unpaired) electrons. The second kappa shape index (κ2) is 3.42. The van der Waals surface area contributed by atoms with Crippen LogP contribution < -0.4 is 5.48 Å². The molecule has 0 aromatic heterocycles. The van der Waals surface area contributed by atoms with Gasteiger partial charge in [0.1, 0.15) is 5.75 Å². The third kappa shape index (κ3) is 1.49. The number of phenols is 1. The highest BCUT2D eigenvalue weighted by atomic mass is 35.5. The molecule has 5 heteroatoms. The first-order valence-corrected chi connectivity index (χ1v) is 3.46. The van der Waals surface area contributed by atoms with E-state index in [0.29, 0.717) is 0 Å². The van der Waals surface area contributed by atoms with Crippen LogP contribution in [0.1, 0.15) is 10.4 Å². The summed E-state index contributed by atoms with van der Waals surface area (Å²) in [6.45, 7) is 0. The summed E-state index contributed by atoms with van der Waals surface area (Å²) in [5, 5.41) is 17.5. The van der Waals surface area contributed by atoms with E-state index in [9.17, 15) is 9.90 Å². The number of phenolic OH excluding ortho intramolecular Hbond substituents is 1. The van der Waals surface area contributed by atoms with Gasteiger partial charge in [0, 0.05) is 0 Å². The Kier molecular flexibility index (Phi) is 2.52. The van der Waals surface area contributed by atoms with Crippen LogP contribution in [0.5, 0.6) is 5.75 Å². The van der Waals surface area contributed by atoms with Gasteiger partial charge in [0.2, 0.25) is 0 Å². The maximum atomic E-state index is 10.8. The van der Waals surface area contributed by atoms with E-state index in [1.165, 1.54) is 23.7 Å². The molecule has 3 N–H and O–H groups in total. The van der Waals surface area contributed by atoms with Crippen molar-refractivity contribution >= 4 is 17.5 Å². The molecule has 64 valence electrons. The second-order valence-corrected chi connectivity index (χ2v) is 2.48. The van der Waals surface area contributed by atoms with Gasteiger partial charge in [0.05, 0.1) is 10.6 Å². The molecule has 0 heterocycles. The van der Waals surface area contributed by atoms with E-state index in [0.717, 1.165) is 0 Å². The lowest BCUT2D eigenvalue weighted by Crippen LogP contribution is -2.18. The lowest BCUT2D eigenvalue weighted by Gasteiger charge is -2.02. The number of amides is 1. The smallest absolute Gasteiger partial charge is 0.278 e. The Balaban J connectivity index is 3.16. The number of hydrogen-bond acceptors (Lipinski definition) is 3. The minimum absolute atomic E-state index is 0.0648. The van der Waals surface area contributed by atoms with Crippen LogP contribution in [0, 0.1) is 0 Å². The summed E-state index contributed by atoms with van der Waals surface area (Å²) in [7, 11) is 0. The minimum Gasteiger partial charge on any atom is -0.506 e. The molecule has 0 bridgehead atoms. The van der Waals surface area contributed by atoms with Crippen LogP contribution in [-0.4, -0.2) is 16.2 Å². The molecule has 0 aliphatic heterocycles. The molecule has 1 amide bonds. The maximum Gasteiger partial charge on any atom is 0.278 e. The Morgan fingerprint density at radius 3 is 2.75 bits per heavy atom. The van der Waals surface area contributed by atoms with Crippen molar-refractivity contribution in [2.45, 2.75) is 0 Å². The van der Waals surface area contributed by atoms with Crippen LogP contribution in [0.3, 0.4) is 0 Å². The molecule has 0 aliphatic rings. The molecule has 0 spiro atoms. The zero-order valence-electron chi connectivity index (χ0n) is 5.91. The zero-order valence-corrected chi connectivity index (χ0v) is 6.67. The first-order valence-electron chi connectivity index (χ1n) is 3.08. The molecule has 1 aromatic rings. The van der Waals surface area contributed by atoms with Gasteiger partial charge in [-0.25, -0.2) is 5.48 Å². The van der Waals surface area contributed by atoms with Crippen LogP contribution in [0.4, 0.5) is 0 Å². The molecule has 1 aromatic carbocycles. The van der Waals surface area contributed by atoms with Gasteiger partial charge in [0.15, 0.2) is 0 Å². The molecular weight excluding hydrogens is 182 g/mol. The monoisotopic (exact) mass is 187 g/mol. The van der Waals surface area contributed by atoms with Crippen LogP contribution in [0.2, 0.25) is 5.02 Å². The van der Waals surface area contributed by atoms with Crippen molar-refractivity contribution in [1.29, 1.82) is 0 Å². The molecule has 0 unspecified atom stereocenters. The third-order valence-electron chi connectivity index (χ3n) is 1.33. The molecule has 0 aliphatic carbocycles. The molecule has 0 atom stereocenters. The van der Waals surface area contributed by atoms with Crippen LogP contribution in [0.15, 0.2) is 18.2 Å². The summed E-state index contributed by atoms with van der Waals surface area (Å²) in [5.74, 6) is -1.14. The molecule has 12 heavy (non-hydrogen) atoms. The highest BCUT2D eigenvalue weighted by Gasteiger charge is 2.11. The zero-order chi connectivity index (χ0) is 9.14. The molecule has 0 saturated heterocycles. The van der Waals surface area contributed by atoms with Gasteiger partial charge in [-0.2, -0.15) is 0 Å². The Bertz CT molecular complexity index is 314. The maximum absolute atomic E-state index is 10.8. The lowest BCUT2D eigenvalue weighted by molar-refractivity contribution is 0.0703. The van der Waals surface area contributed by atoms with Crippen LogP contribution >= 0.6 is 11.6 Å². The van der Waals surface area contributed by atoms with E-state index in [1.54, 1.807) is 0 Å². The fourth-order valence-electron chi connectivity index (χ4n) is 0.759. The topological polar surface area (TPSA) is 69.6 Å². The summed E-state index contributed by atoms with van der Waals surface area (Å²) >= 11 is 5.50. The number of benzene rings is 1. The lowest BCUT2D eigenvalue weighted by atomic mass is 10.2. The average Bonchev–Trinajstić information content (AvgIpc) is 2.08. The van der Waals surface area contributed by atoms with Crippen molar-refractivity contribution in [3.8, 4) is 5.75 Å². The number of hydrogen-bond donors (Lipinski definition) is 3. The van der Waals surface area contributed by atoms with Crippen molar-refractivity contribution in [3.63, 3.8) is 0 Å². The molecule has 4 nitrogen and oxygen atoms in total. The molecule has 0 fully saturated rings. The van der Waals surface area contributed by atoms with Crippen molar-refractivity contribution in [1.82, 2.24) is 5.48 Å². The summed E-state index contributed by atoms with van der Waals surface area (Å²) in [5.41, 5.74) is 1.33. The van der Waals surface area contributed by atoms with Crippen molar-refractivity contribution in [3.05, 3.63) is 28.8 Å². The van der Waals surface area contributed by atoms with E-state index in [1.807, 2.05) is 0 Å². The van der Waals surface area contributed by atoms with Gasteiger partial charge in [-0.05, 0) is 12.1 Å². The van der Waals surface area contributed by atoms with E-state index in [4.69, 9.17) is 16.8 Å². The number of halogens is 1. The Morgan fingerprint density at radius 2 is 2.17 bits per heavy atom. The SMILES string of the molecule is O=C(NO)c1cccc(Cl)c1O. The molecule has 1 rings (SSSR count). The van der Waals surface area contributed by atoms with Gasteiger partial charge in [0.25, 0.3) is 5.91 Å². The van der Waals surface area contributed by atoms with Gasteiger partial charge in [-0.15, -0.1) is 0 Å². The van der Waals surface area contributed by atoms with Crippen molar-refractivity contribution < 1.29 is 15.1 Å². The van der Waals surface area contributed by atoms with Crippen molar-refractivity contribution in [2.75, 3.05) is 0 Å². The number of hydroxylamine groups is 1. The summed E-state index contributed by atoms with van der Waals surface area (Å²) < 4.78 is 0. The normalized spacial score (nSPS) is 9.50. The average molecular weight is 188 g/mol. The Hall–Kier alpha value is -1.26. The first-order chi connectivity index (χ1) is 5.66. The van der Waals surface area contributed by atoms with Gasteiger partial charge in [-0.1, -0.05) is 17.7 Å². The Labute approximate surface area is 73.4 Å². The number of nitrogens with one attached hydrogen (secondary N) is 1. The van der Waals surface area contributed by atoms with Gasteiger partial charge < -0.3 is 5.11 Å². The number of para-hydroxylation sites is 1. The largest absolute Gasteiger partial charge is 0.506 e. The minimum atomic E-state index is -0.796. The Morgan fingerprint density at radius 1 is 1.50 bits per heavy atom. The highest BCUT2D eigenvalue weighted by molar-refractivity contribution is 6.32. The van der Waals surface area contributed by atoms with Crippen molar-refractivity contribution in [2.24, 2.45) is 0 Å². The standard InChI is InChI=1S/C7H6ClNO3/c8-5-3-1-2-4(6(5)10)7(11)9-12/h1-3,10,12H,(H,9,11). The summed E-state index contributed by atoms with van der Waals surface area (Å²) in [6, 6.07) is 4.27. The predicted molar refractivity (Wildman–Crippen MR) is 42.4 cm³/mol. The number of rotatable bonds is 1. The number of carbonyl (C=O) groups excluding carboxylic acids is 1. The fraction of sp³-hybridized carbons (Fsp3) is 0. The molecular formula is C7H6ClNO3. The summed E-state index contributed by atoms with van der Waals surface area (Å²) in [4.78, 5) is 10.8. The highest BCUT2D eigenvalue weighted by Crippen LogP contribution is 2.26. The molecule has 0 saturated carbocycles. The second-order valence-electron chi connectivity index (χ2n) is 2.08. The number of aromatic hydroxyl groups is 1. The quantitative estimate of drug-likeness (QED) is 0.457. The van der Waals surface area contributed by atoms with E-state index in [2.05, 4.69) is 0 Å². The van der Waals surface area contributed by atoms with E-state index < -0.39 is 5.91 Å². The predicted octanol–water partition coefficient (Wildman–Crippen LogP) is 1.16. The summed E-state index contributed by atoms with van der Waals surface area (Å²) in [6.07, 6.45) is 0.